The minimum Gasteiger partial charge on any atom is -0.480 e. The number of hydrogen-bond acceptors (Lipinski definition) is 7. The van der Waals surface area contributed by atoms with Crippen LogP contribution in [0.2, 0.25) is 0 Å². The molecule has 1 saturated heterocycles. The van der Waals surface area contributed by atoms with Crippen molar-refractivity contribution in [1.29, 1.82) is 0 Å². The molecule has 4 amide bonds. The van der Waals surface area contributed by atoms with Gasteiger partial charge in [-0.3, -0.25) is 19.2 Å². The molecular formula is C25H38N6O6. The predicted molar refractivity (Wildman–Crippen MR) is 136 cm³/mol. The zero-order valence-corrected chi connectivity index (χ0v) is 20.9. The number of amides is 4. The van der Waals surface area contributed by atoms with Crippen LogP contribution >= 0.6 is 0 Å². The second-order valence-electron chi connectivity index (χ2n) is 9.24. The number of hydrogen-bond donors (Lipinski definition) is 6. The van der Waals surface area contributed by atoms with Gasteiger partial charge in [0.05, 0.1) is 6.04 Å². The Morgan fingerprint density at radius 1 is 1.03 bits per heavy atom. The van der Waals surface area contributed by atoms with Gasteiger partial charge in [-0.25, -0.2) is 4.79 Å². The molecule has 12 heteroatoms. The van der Waals surface area contributed by atoms with Crippen LogP contribution in [0.3, 0.4) is 0 Å². The Labute approximate surface area is 216 Å². The number of nitrogens with two attached hydrogens (primary N) is 3. The van der Waals surface area contributed by atoms with Gasteiger partial charge in [0.2, 0.25) is 23.6 Å². The number of carboxylic acids is 1. The average molecular weight is 519 g/mol. The summed E-state index contributed by atoms with van der Waals surface area (Å²) in [7, 11) is 0. The minimum atomic E-state index is -1.18. The van der Waals surface area contributed by atoms with Crippen LogP contribution in [0.1, 0.15) is 50.5 Å². The molecule has 0 aromatic heterocycles. The predicted octanol–water partition coefficient (Wildman–Crippen LogP) is -1.00. The summed E-state index contributed by atoms with van der Waals surface area (Å²) in [6, 6.07) is 4.95. The molecule has 1 heterocycles. The second kappa shape index (κ2) is 14.9. The number of unbranched alkanes of at least 4 members (excludes halogenated alkanes) is 1. The number of carbonyl (C=O) groups excluding carboxylic acids is 4. The number of aliphatic carboxylic acids is 1. The van der Waals surface area contributed by atoms with Crippen LogP contribution < -0.4 is 27.8 Å². The molecule has 0 aliphatic carbocycles. The first kappa shape index (κ1) is 29.7. The minimum absolute atomic E-state index is 0.0393. The number of primary amides is 1. The summed E-state index contributed by atoms with van der Waals surface area (Å²) in [6.07, 6.45) is 2.49. The Kier molecular flexibility index (Phi) is 12.0. The quantitative estimate of drug-likeness (QED) is 0.158. The summed E-state index contributed by atoms with van der Waals surface area (Å²) in [4.78, 5) is 63.4. The van der Waals surface area contributed by atoms with Crippen molar-refractivity contribution < 1.29 is 29.1 Å². The third kappa shape index (κ3) is 9.47. The molecule has 0 bridgehead atoms. The number of nitrogens with zero attached hydrogens (tertiary/aromatic N) is 1. The molecule has 1 aromatic carbocycles. The SMILES string of the molecule is NCCCCC(NC(=O)C(N)CCC(N)=O)C(=O)N1CCCC1C(=O)NC(Cc1ccccc1)C(=O)O. The van der Waals surface area contributed by atoms with E-state index in [-0.39, 0.29) is 19.3 Å². The highest BCUT2D eigenvalue weighted by molar-refractivity contribution is 5.94. The normalized spacial score (nSPS) is 17.5. The lowest BCUT2D eigenvalue weighted by molar-refractivity contribution is -0.145. The van der Waals surface area contributed by atoms with E-state index in [1.54, 1.807) is 24.3 Å². The molecule has 2 rings (SSSR count). The Bertz CT molecular complexity index is 943. The van der Waals surface area contributed by atoms with Crippen LogP contribution in [0.4, 0.5) is 0 Å². The van der Waals surface area contributed by atoms with Crippen molar-refractivity contribution in [2.24, 2.45) is 17.2 Å². The highest BCUT2D eigenvalue weighted by Crippen LogP contribution is 2.20. The van der Waals surface area contributed by atoms with E-state index in [1.165, 1.54) is 4.90 Å². The topological polar surface area (TPSA) is 211 Å². The Morgan fingerprint density at radius 3 is 2.35 bits per heavy atom. The van der Waals surface area contributed by atoms with E-state index in [4.69, 9.17) is 17.2 Å². The van der Waals surface area contributed by atoms with Gasteiger partial charge >= 0.3 is 5.97 Å². The van der Waals surface area contributed by atoms with Crippen molar-refractivity contribution in [2.45, 2.75) is 75.5 Å². The molecule has 1 aromatic rings. The molecule has 0 saturated carbocycles. The highest BCUT2D eigenvalue weighted by atomic mass is 16.4. The maximum Gasteiger partial charge on any atom is 0.326 e. The van der Waals surface area contributed by atoms with Crippen LogP contribution in [0.5, 0.6) is 0 Å². The third-order valence-corrected chi connectivity index (χ3v) is 6.34. The van der Waals surface area contributed by atoms with Crippen LogP contribution in [-0.4, -0.2) is 76.9 Å². The number of carboxylic acid groups (broad SMARTS) is 1. The van der Waals surface area contributed by atoms with Gasteiger partial charge < -0.3 is 37.8 Å². The first-order chi connectivity index (χ1) is 17.6. The van der Waals surface area contributed by atoms with Gasteiger partial charge in [0.25, 0.3) is 0 Å². The second-order valence-corrected chi connectivity index (χ2v) is 9.24. The lowest BCUT2D eigenvalue weighted by Gasteiger charge is -2.30. The number of nitrogens with one attached hydrogen (secondary N) is 2. The smallest absolute Gasteiger partial charge is 0.326 e. The van der Waals surface area contributed by atoms with E-state index in [0.29, 0.717) is 45.2 Å². The lowest BCUT2D eigenvalue weighted by Crippen LogP contribution is -2.57. The molecule has 1 aliphatic heterocycles. The fourth-order valence-corrected chi connectivity index (χ4v) is 4.28. The molecule has 1 fully saturated rings. The molecule has 37 heavy (non-hydrogen) atoms. The monoisotopic (exact) mass is 518 g/mol. The van der Waals surface area contributed by atoms with Crippen molar-refractivity contribution in [1.82, 2.24) is 15.5 Å². The summed E-state index contributed by atoms with van der Waals surface area (Å²) < 4.78 is 0. The standard InChI is InChI=1S/C25H38N6O6/c26-13-5-4-9-18(29-22(33)17(27)11-12-21(28)32)24(35)31-14-6-10-20(31)23(34)30-19(25(36)37)15-16-7-2-1-3-8-16/h1-3,7-8,17-20H,4-6,9-15,26-27H2,(H2,28,32)(H,29,33)(H,30,34)(H,36,37). The number of rotatable bonds is 15. The van der Waals surface area contributed by atoms with Crippen molar-refractivity contribution >= 4 is 29.6 Å². The lowest BCUT2D eigenvalue weighted by atomic mass is 10.0. The molecule has 0 radical (unpaired) electrons. The number of carbonyl (C=O) groups is 5. The molecule has 9 N–H and O–H groups in total. The van der Waals surface area contributed by atoms with Gasteiger partial charge in [0.1, 0.15) is 18.1 Å². The summed E-state index contributed by atoms with van der Waals surface area (Å²) in [5.41, 5.74) is 17.3. The molecule has 4 atom stereocenters. The third-order valence-electron chi connectivity index (χ3n) is 6.34. The largest absolute Gasteiger partial charge is 0.480 e. The number of likely N-dealkylation sites (tertiary alicyclic amines) is 1. The number of benzene rings is 1. The van der Waals surface area contributed by atoms with Crippen molar-refractivity contribution in [3.63, 3.8) is 0 Å². The first-order valence-corrected chi connectivity index (χ1v) is 12.6. The van der Waals surface area contributed by atoms with Gasteiger partial charge in [-0.05, 0) is 50.6 Å². The van der Waals surface area contributed by atoms with Gasteiger partial charge in [0, 0.05) is 19.4 Å². The highest BCUT2D eigenvalue weighted by Gasteiger charge is 2.39. The molecule has 204 valence electrons. The van der Waals surface area contributed by atoms with Gasteiger partial charge in [-0.1, -0.05) is 30.3 Å². The van der Waals surface area contributed by atoms with Crippen LogP contribution in [0.25, 0.3) is 0 Å². The van der Waals surface area contributed by atoms with Gasteiger partial charge in [-0.2, -0.15) is 0 Å². The van der Waals surface area contributed by atoms with Crippen molar-refractivity contribution in [2.75, 3.05) is 13.1 Å². The molecule has 1 aliphatic rings. The van der Waals surface area contributed by atoms with Gasteiger partial charge in [0.15, 0.2) is 0 Å². The van der Waals surface area contributed by atoms with E-state index in [2.05, 4.69) is 10.6 Å². The average Bonchev–Trinajstić information content (AvgIpc) is 3.36. The maximum atomic E-state index is 13.5. The molecular weight excluding hydrogens is 480 g/mol. The van der Waals surface area contributed by atoms with E-state index in [0.717, 1.165) is 5.56 Å². The summed E-state index contributed by atoms with van der Waals surface area (Å²) >= 11 is 0. The van der Waals surface area contributed by atoms with Crippen molar-refractivity contribution in [3.8, 4) is 0 Å². The zero-order valence-electron chi connectivity index (χ0n) is 20.9. The Hall–Kier alpha value is -3.51. The zero-order chi connectivity index (χ0) is 27.4. The summed E-state index contributed by atoms with van der Waals surface area (Å²) in [5, 5.41) is 14.9. The van der Waals surface area contributed by atoms with E-state index >= 15 is 0 Å². The van der Waals surface area contributed by atoms with Crippen LogP contribution in [-0.2, 0) is 30.4 Å². The maximum absolute atomic E-state index is 13.5. The Balaban J connectivity index is 2.10. The van der Waals surface area contributed by atoms with Crippen LogP contribution in [0, 0.1) is 0 Å². The van der Waals surface area contributed by atoms with Crippen LogP contribution in [0.15, 0.2) is 30.3 Å². The van der Waals surface area contributed by atoms with Crippen molar-refractivity contribution in [3.05, 3.63) is 35.9 Å². The Morgan fingerprint density at radius 2 is 1.73 bits per heavy atom. The summed E-state index contributed by atoms with van der Waals surface area (Å²) in [6.45, 7) is 0.712. The molecule has 4 unspecified atom stereocenters. The fourth-order valence-electron chi connectivity index (χ4n) is 4.28. The fraction of sp³-hybridized carbons (Fsp3) is 0.560. The van der Waals surface area contributed by atoms with E-state index in [1.807, 2.05) is 6.07 Å². The van der Waals surface area contributed by atoms with E-state index < -0.39 is 53.8 Å². The molecule has 12 nitrogen and oxygen atoms in total. The van der Waals surface area contributed by atoms with Gasteiger partial charge in [-0.15, -0.1) is 0 Å². The molecule has 0 spiro atoms. The summed E-state index contributed by atoms with van der Waals surface area (Å²) in [5.74, 6) is -3.36. The van der Waals surface area contributed by atoms with E-state index in [9.17, 15) is 29.1 Å². The first-order valence-electron chi connectivity index (χ1n) is 12.6.